The zero-order valence-electron chi connectivity index (χ0n) is 14.2. The monoisotopic (exact) mass is 337 g/mol. The van der Waals surface area contributed by atoms with Gasteiger partial charge < -0.3 is 20.6 Å². The van der Waals surface area contributed by atoms with Gasteiger partial charge in [0.15, 0.2) is 6.23 Å². The number of hydrogen-bond donors (Lipinski definition) is 2. The number of aliphatic hydroxyl groups excluding tert-OH is 1. The lowest BCUT2D eigenvalue weighted by molar-refractivity contribution is 0.0664. The molecule has 2 heterocycles. The first kappa shape index (κ1) is 17.2. The summed E-state index contributed by atoms with van der Waals surface area (Å²) in [7, 11) is 0. The fraction of sp³-hybridized carbons (Fsp3) is 0.368. The summed E-state index contributed by atoms with van der Waals surface area (Å²) in [6, 6.07) is 9.72. The van der Waals surface area contributed by atoms with Crippen LogP contribution in [0.4, 0.5) is 0 Å². The molecular weight excluding hydrogens is 314 g/mol. The van der Waals surface area contributed by atoms with Crippen molar-refractivity contribution in [1.29, 1.82) is 5.26 Å². The predicted molar refractivity (Wildman–Crippen MR) is 97.2 cm³/mol. The lowest BCUT2D eigenvalue weighted by Crippen LogP contribution is -2.55. The summed E-state index contributed by atoms with van der Waals surface area (Å²) in [6.45, 7) is 5.70. The summed E-state index contributed by atoms with van der Waals surface area (Å²) in [5.41, 5.74) is 8.20. The number of benzene rings is 1. The largest absolute Gasteiger partial charge is 0.369 e. The molecule has 0 amide bonds. The molecule has 130 valence electrons. The number of nitriles is 1. The molecule has 0 aromatic heterocycles. The van der Waals surface area contributed by atoms with Crippen LogP contribution >= 0.6 is 0 Å². The molecule has 3 N–H and O–H groups in total. The Morgan fingerprint density at radius 1 is 1.44 bits per heavy atom. The van der Waals surface area contributed by atoms with Crippen molar-refractivity contribution in [1.82, 2.24) is 9.80 Å². The second-order valence-corrected chi connectivity index (χ2v) is 6.38. The third kappa shape index (κ3) is 3.58. The van der Waals surface area contributed by atoms with Crippen LogP contribution in [0, 0.1) is 11.3 Å². The molecule has 0 radical (unpaired) electrons. The van der Waals surface area contributed by atoms with Gasteiger partial charge in [-0.3, -0.25) is 0 Å². The minimum absolute atomic E-state index is 0.103. The molecule has 25 heavy (non-hydrogen) atoms. The first-order valence-corrected chi connectivity index (χ1v) is 8.47. The van der Waals surface area contributed by atoms with Crippen LogP contribution in [0.2, 0.25) is 0 Å². The van der Waals surface area contributed by atoms with Crippen molar-refractivity contribution >= 4 is 5.96 Å². The minimum atomic E-state index is -0.852. The Hall–Kier alpha value is -2.62. The highest BCUT2D eigenvalue weighted by atomic mass is 16.3. The maximum Gasteiger partial charge on any atom is 0.203 e. The molecule has 2 atom stereocenters. The average molecular weight is 337 g/mol. The number of likely N-dealkylation sites (tertiary alicyclic amines) is 1. The number of aliphatic imine (C=N–C) groups is 1. The number of hydrogen-bond acceptors (Lipinski definition) is 6. The zero-order chi connectivity index (χ0) is 17.8. The van der Waals surface area contributed by atoms with Gasteiger partial charge in [-0.2, -0.15) is 5.26 Å². The normalized spacial score (nSPS) is 23.6. The van der Waals surface area contributed by atoms with Crippen LogP contribution in [0.15, 0.2) is 53.7 Å². The van der Waals surface area contributed by atoms with Gasteiger partial charge in [0.25, 0.3) is 0 Å². The first-order chi connectivity index (χ1) is 12.1. The van der Waals surface area contributed by atoms with Crippen molar-refractivity contribution in [2.45, 2.75) is 31.7 Å². The number of nitrogens with two attached hydrogens (primary N) is 1. The highest BCUT2D eigenvalue weighted by Gasteiger charge is 2.31. The van der Waals surface area contributed by atoms with Crippen LogP contribution in [0.1, 0.15) is 24.0 Å². The number of aliphatic hydroxyl groups is 1. The Bertz CT molecular complexity index is 748. The van der Waals surface area contributed by atoms with E-state index < -0.39 is 6.23 Å². The summed E-state index contributed by atoms with van der Waals surface area (Å²) in [6.07, 6.45) is 4.40. The highest BCUT2D eigenvalue weighted by Crippen LogP contribution is 2.23. The Morgan fingerprint density at radius 2 is 2.24 bits per heavy atom. The SMILES string of the molecule is C=CC1=CN=C(N2CCC[C@@H](N)C2)N(Cc2ccccc2C#N)C1O. The summed E-state index contributed by atoms with van der Waals surface area (Å²) in [4.78, 5) is 8.48. The van der Waals surface area contributed by atoms with Crippen molar-refractivity contribution in [3.8, 4) is 6.07 Å². The van der Waals surface area contributed by atoms with Gasteiger partial charge in [0.05, 0.1) is 11.6 Å². The molecule has 0 bridgehead atoms. The van der Waals surface area contributed by atoms with E-state index in [1.165, 1.54) is 0 Å². The summed E-state index contributed by atoms with van der Waals surface area (Å²) >= 11 is 0. The van der Waals surface area contributed by atoms with Crippen molar-refractivity contribution in [3.05, 3.63) is 59.8 Å². The topological polar surface area (TPSA) is 88.9 Å². The molecule has 1 fully saturated rings. The van der Waals surface area contributed by atoms with E-state index in [9.17, 15) is 10.4 Å². The Morgan fingerprint density at radius 3 is 2.96 bits per heavy atom. The average Bonchev–Trinajstić information content (AvgIpc) is 2.63. The van der Waals surface area contributed by atoms with Crippen molar-refractivity contribution in [2.75, 3.05) is 13.1 Å². The van der Waals surface area contributed by atoms with Gasteiger partial charge in [-0.05, 0) is 24.5 Å². The van der Waals surface area contributed by atoms with Gasteiger partial charge in [-0.15, -0.1) is 0 Å². The molecule has 0 aliphatic carbocycles. The Balaban J connectivity index is 1.93. The van der Waals surface area contributed by atoms with E-state index in [1.807, 2.05) is 23.1 Å². The second kappa shape index (κ2) is 7.51. The van der Waals surface area contributed by atoms with Crippen molar-refractivity contribution in [2.24, 2.45) is 10.7 Å². The number of guanidine groups is 1. The van der Waals surface area contributed by atoms with Crippen LogP contribution in [-0.4, -0.2) is 46.2 Å². The third-order valence-electron chi connectivity index (χ3n) is 4.63. The number of nitrogens with zero attached hydrogens (tertiary/aromatic N) is 4. The molecular formula is C19H23N5O. The molecule has 2 aliphatic heterocycles. The van der Waals surface area contributed by atoms with E-state index >= 15 is 0 Å². The molecule has 1 aromatic rings. The van der Waals surface area contributed by atoms with Gasteiger partial charge in [0.1, 0.15) is 0 Å². The molecule has 3 rings (SSSR count). The van der Waals surface area contributed by atoms with Gasteiger partial charge in [-0.1, -0.05) is 30.9 Å². The molecule has 1 unspecified atom stereocenters. The Kier molecular flexibility index (Phi) is 5.17. The fourth-order valence-corrected chi connectivity index (χ4v) is 3.28. The van der Waals surface area contributed by atoms with E-state index in [-0.39, 0.29) is 6.04 Å². The maximum atomic E-state index is 10.8. The highest BCUT2D eigenvalue weighted by molar-refractivity contribution is 5.82. The van der Waals surface area contributed by atoms with E-state index in [1.54, 1.807) is 18.3 Å². The first-order valence-electron chi connectivity index (χ1n) is 8.47. The molecule has 2 aliphatic rings. The summed E-state index contributed by atoms with van der Waals surface area (Å²) in [5.74, 6) is 0.695. The maximum absolute atomic E-state index is 10.8. The van der Waals surface area contributed by atoms with Gasteiger partial charge >= 0.3 is 0 Å². The van der Waals surface area contributed by atoms with Crippen LogP contribution in [-0.2, 0) is 6.54 Å². The Labute approximate surface area is 148 Å². The number of rotatable bonds is 3. The molecule has 0 spiro atoms. The molecule has 6 heteroatoms. The van der Waals surface area contributed by atoms with Crippen LogP contribution in [0.25, 0.3) is 0 Å². The predicted octanol–water partition coefficient (Wildman–Crippen LogP) is 1.54. The molecule has 1 saturated heterocycles. The quantitative estimate of drug-likeness (QED) is 0.873. The minimum Gasteiger partial charge on any atom is -0.369 e. The zero-order valence-corrected chi connectivity index (χ0v) is 14.2. The van der Waals surface area contributed by atoms with E-state index in [2.05, 4.69) is 22.5 Å². The van der Waals surface area contributed by atoms with Crippen LogP contribution in [0.3, 0.4) is 0 Å². The molecule has 1 aromatic carbocycles. The van der Waals surface area contributed by atoms with Crippen LogP contribution < -0.4 is 5.73 Å². The lowest BCUT2D eigenvalue weighted by Gasteiger charge is -2.42. The van der Waals surface area contributed by atoms with Crippen LogP contribution in [0.5, 0.6) is 0 Å². The smallest absolute Gasteiger partial charge is 0.203 e. The number of piperidine rings is 1. The van der Waals surface area contributed by atoms with E-state index in [4.69, 9.17) is 5.73 Å². The van der Waals surface area contributed by atoms with Gasteiger partial charge in [0, 0.05) is 37.4 Å². The third-order valence-corrected chi connectivity index (χ3v) is 4.63. The van der Waals surface area contributed by atoms with Crippen molar-refractivity contribution in [3.63, 3.8) is 0 Å². The summed E-state index contributed by atoms with van der Waals surface area (Å²) < 4.78 is 0. The summed E-state index contributed by atoms with van der Waals surface area (Å²) in [5, 5.41) is 20.1. The lowest BCUT2D eigenvalue weighted by atomic mass is 10.1. The van der Waals surface area contributed by atoms with Gasteiger partial charge in [0.2, 0.25) is 5.96 Å². The van der Waals surface area contributed by atoms with Gasteiger partial charge in [-0.25, -0.2) is 4.99 Å². The van der Waals surface area contributed by atoms with Crippen molar-refractivity contribution < 1.29 is 5.11 Å². The standard InChI is InChI=1S/C19H23N5O/c1-2-14-11-22-19(23-9-5-8-17(21)13-23)24(18(14)25)12-16-7-4-3-6-15(16)10-20/h2-4,6-7,11,17-18,25H,1,5,8-9,12-13,21H2/t17-,18?/m1/s1. The fourth-order valence-electron chi connectivity index (χ4n) is 3.28. The van der Waals surface area contributed by atoms with E-state index in [0.29, 0.717) is 30.2 Å². The van der Waals surface area contributed by atoms with E-state index in [0.717, 1.165) is 24.9 Å². The molecule has 0 saturated carbocycles. The second-order valence-electron chi connectivity index (χ2n) is 6.38. The molecule has 6 nitrogen and oxygen atoms in total.